The number of halogens is 3. The highest BCUT2D eigenvalue weighted by Crippen LogP contribution is 2.20. The van der Waals surface area contributed by atoms with E-state index < -0.39 is 25.2 Å². The maximum atomic E-state index is 12.5. The first-order valence-electron chi connectivity index (χ1n) is 7.29. The van der Waals surface area contributed by atoms with E-state index in [1.54, 1.807) is 28.4 Å². The summed E-state index contributed by atoms with van der Waals surface area (Å²) in [5, 5.41) is 1.70. The number of carbonyl (C=O) groups excluding carboxylic acids is 2. The molecule has 1 aliphatic rings. The number of alkyl halides is 3. The predicted octanol–water partition coefficient (Wildman–Crippen LogP) is 1.22. The molecule has 0 atom stereocenters. The van der Waals surface area contributed by atoms with Crippen LogP contribution in [0.15, 0.2) is 24.3 Å². The monoisotopic (exact) mass is 346 g/mol. The van der Waals surface area contributed by atoms with Crippen LogP contribution in [0, 0.1) is 0 Å². The summed E-state index contributed by atoms with van der Waals surface area (Å²) in [6.45, 7) is -0.269. The number of rotatable bonds is 5. The average Bonchev–Trinajstić information content (AvgIpc) is 2.58. The van der Waals surface area contributed by atoms with Gasteiger partial charge in [-0.3, -0.25) is 9.59 Å². The summed E-state index contributed by atoms with van der Waals surface area (Å²) in [6.07, 6.45) is -4.49. The highest BCUT2D eigenvalue weighted by atomic mass is 19.4. The molecule has 1 aromatic rings. The van der Waals surface area contributed by atoms with E-state index in [0.717, 1.165) is 0 Å². The number of nitrogens with zero attached hydrogens (tertiary/aromatic N) is 1. The van der Waals surface area contributed by atoms with E-state index in [-0.39, 0.29) is 17.2 Å². The van der Waals surface area contributed by atoms with Crippen molar-refractivity contribution in [3.8, 4) is 5.75 Å². The number of benzene rings is 1. The van der Waals surface area contributed by atoms with Gasteiger partial charge in [0.25, 0.3) is 11.8 Å². The van der Waals surface area contributed by atoms with Gasteiger partial charge in [-0.05, 0) is 12.1 Å². The van der Waals surface area contributed by atoms with Crippen molar-refractivity contribution in [2.75, 3.05) is 39.5 Å². The number of hydrogen-bond donors (Lipinski definition) is 1. The molecule has 0 unspecified atom stereocenters. The summed E-state index contributed by atoms with van der Waals surface area (Å²) in [5.41, 5.74) is 0.253. The van der Waals surface area contributed by atoms with Gasteiger partial charge in [0.15, 0.2) is 6.61 Å². The first kappa shape index (κ1) is 18.1. The van der Waals surface area contributed by atoms with Gasteiger partial charge < -0.3 is 19.7 Å². The summed E-state index contributed by atoms with van der Waals surface area (Å²) in [7, 11) is 0. The highest BCUT2D eigenvalue weighted by molar-refractivity contribution is 5.97. The summed E-state index contributed by atoms with van der Waals surface area (Å²) in [4.78, 5) is 25.5. The molecule has 1 aromatic carbocycles. The minimum Gasteiger partial charge on any atom is -0.483 e. The van der Waals surface area contributed by atoms with Gasteiger partial charge in [-0.25, -0.2) is 0 Å². The zero-order valence-corrected chi connectivity index (χ0v) is 12.8. The number of nitrogens with one attached hydrogen (secondary N) is 1. The van der Waals surface area contributed by atoms with Crippen molar-refractivity contribution in [1.29, 1.82) is 0 Å². The molecular formula is C15H17F3N2O4. The van der Waals surface area contributed by atoms with Crippen LogP contribution in [0.3, 0.4) is 0 Å². The van der Waals surface area contributed by atoms with Crippen molar-refractivity contribution in [2.45, 2.75) is 6.18 Å². The van der Waals surface area contributed by atoms with E-state index >= 15 is 0 Å². The van der Waals surface area contributed by atoms with E-state index in [0.29, 0.717) is 26.3 Å². The molecule has 2 rings (SSSR count). The lowest BCUT2D eigenvalue weighted by molar-refractivity contribution is -0.139. The molecule has 0 saturated carbocycles. The Balaban J connectivity index is 1.96. The molecule has 1 N–H and O–H groups in total. The lowest BCUT2D eigenvalue weighted by Crippen LogP contribution is -2.41. The van der Waals surface area contributed by atoms with Gasteiger partial charge in [0.1, 0.15) is 12.3 Å². The molecular weight excluding hydrogens is 329 g/mol. The number of hydrogen-bond acceptors (Lipinski definition) is 4. The number of amides is 2. The molecule has 1 fully saturated rings. The average molecular weight is 346 g/mol. The lowest BCUT2D eigenvalue weighted by atomic mass is 10.1. The minimum absolute atomic E-state index is 0.149. The van der Waals surface area contributed by atoms with Crippen LogP contribution in [0.4, 0.5) is 13.2 Å². The minimum atomic E-state index is -4.49. The van der Waals surface area contributed by atoms with Gasteiger partial charge in [-0.1, -0.05) is 12.1 Å². The van der Waals surface area contributed by atoms with Gasteiger partial charge in [0.2, 0.25) is 0 Å². The second-order valence-electron chi connectivity index (χ2n) is 5.08. The van der Waals surface area contributed by atoms with Crippen LogP contribution in [-0.4, -0.2) is 62.3 Å². The van der Waals surface area contributed by atoms with E-state index in [4.69, 9.17) is 9.47 Å². The predicted molar refractivity (Wildman–Crippen MR) is 77.7 cm³/mol. The molecule has 6 nitrogen and oxygen atoms in total. The highest BCUT2D eigenvalue weighted by Gasteiger charge is 2.28. The van der Waals surface area contributed by atoms with Gasteiger partial charge in [0.05, 0.1) is 18.8 Å². The third-order valence-electron chi connectivity index (χ3n) is 3.26. The topological polar surface area (TPSA) is 67.9 Å². The fourth-order valence-electron chi connectivity index (χ4n) is 2.10. The van der Waals surface area contributed by atoms with Crippen molar-refractivity contribution in [3.05, 3.63) is 29.8 Å². The first-order valence-corrected chi connectivity index (χ1v) is 7.29. The Kier molecular flexibility index (Phi) is 6.02. The Bertz CT molecular complexity index is 586. The normalized spacial score (nSPS) is 15.0. The molecule has 0 bridgehead atoms. The molecule has 1 heterocycles. The summed E-state index contributed by atoms with van der Waals surface area (Å²) < 4.78 is 46.5. The molecule has 9 heteroatoms. The zero-order chi connectivity index (χ0) is 17.6. The third kappa shape index (κ3) is 5.41. The van der Waals surface area contributed by atoms with Gasteiger partial charge in [-0.15, -0.1) is 0 Å². The molecule has 1 aliphatic heterocycles. The third-order valence-corrected chi connectivity index (χ3v) is 3.26. The van der Waals surface area contributed by atoms with Crippen LogP contribution in [0.1, 0.15) is 10.4 Å². The van der Waals surface area contributed by atoms with Crippen molar-refractivity contribution in [1.82, 2.24) is 10.2 Å². The Hall–Kier alpha value is -2.29. The quantitative estimate of drug-likeness (QED) is 0.870. The van der Waals surface area contributed by atoms with E-state index in [9.17, 15) is 22.8 Å². The molecule has 132 valence electrons. The number of para-hydroxylation sites is 1. The zero-order valence-electron chi connectivity index (χ0n) is 12.8. The number of carbonyl (C=O) groups is 2. The van der Waals surface area contributed by atoms with Gasteiger partial charge >= 0.3 is 6.18 Å². The van der Waals surface area contributed by atoms with E-state index in [1.165, 1.54) is 6.07 Å². The Morgan fingerprint density at radius 3 is 2.54 bits per heavy atom. The molecule has 0 spiro atoms. The Morgan fingerprint density at radius 1 is 1.21 bits per heavy atom. The fraction of sp³-hybridized carbons (Fsp3) is 0.467. The number of morpholine rings is 1. The van der Waals surface area contributed by atoms with E-state index in [1.807, 2.05) is 0 Å². The summed E-state index contributed by atoms with van der Waals surface area (Å²) >= 11 is 0. The smallest absolute Gasteiger partial charge is 0.405 e. The Morgan fingerprint density at radius 2 is 1.88 bits per heavy atom. The molecule has 0 radical (unpaired) electrons. The largest absolute Gasteiger partial charge is 0.483 e. The van der Waals surface area contributed by atoms with Crippen molar-refractivity contribution in [2.24, 2.45) is 0 Å². The lowest BCUT2D eigenvalue weighted by Gasteiger charge is -2.27. The van der Waals surface area contributed by atoms with Crippen molar-refractivity contribution < 1.29 is 32.2 Å². The molecule has 2 amide bonds. The second kappa shape index (κ2) is 8.00. The van der Waals surface area contributed by atoms with Gasteiger partial charge in [0, 0.05) is 13.1 Å². The molecule has 0 aromatic heterocycles. The van der Waals surface area contributed by atoms with Crippen LogP contribution < -0.4 is 10.1 Å². The SMILES string of the molecule is O=C(COc1ccccc1C(=O)N1CCOCC1)NCC(F)(F)F. The summed E-state index contributed by atoms with van der Waals surface area (Å²) in [6, 6.07) is 6.29. The maximum absolute atomic E-state index is 12.5. The van der Waals surface area contributed by atoms with Crippen LogP contribution in [0.25, 0.3) is 0 Å². The van der Waals surface area contributed by atoms with Crippen LogP contribution in [-0.2, 0) is 9.53 Å². The van der Waals surface area contributed by atoms with Crippen molar-refractivity contribution >= 4 is 11.8 Å². The van der Waals surface area contributed by atoms with Crippen LogP contribution >= 0.6 is 0 Å². The summed E-state index contributed by atoms with van der Waals surface area (Å²) in [5.74, 6) is -1.04. The van der Waals surface area contributed by atoms with Crippen LogP contribution in [0.2, 0.25) is 0 Å². The molecule has 1 saturated heterocycles. The maximum Gasteiger partial charge on any atom is 0.405 e. The fourth-order valence-corrected chi connectivity index (χ4v) is 2.10. The standard InChI is InChI=1S/C15H17F3N2O4/c16-15(17,18)10-19-13(21)9-24-12-4-2-1-3-11(12)14(22)20-5-7-23-8-6-20/h1-4H,5-10H2,(H,19,21). The molecule has 24 heavy (non-hydrogen) atoms. The Labute approximate surface area is 136 Å². The van der Waals surface area contributed by atoms with E-state index in [2.05, 4.69) is 0 Å². The molecule has 0 aliphatic carbocycles. The first-order chi connectivity index (χ1) is 11.4. The van der Waals surface area contributed by atoms with Gasteiger partial charge in [-0.2, -0.15) is 13.2 Å². The van der Waals surface area contributed by atoms with Crippen molar-refractivity contribution in [3.63, 3.8) is 0 Å². The second-order valence-corrected chi connectivity index (χ2v) is 5.08. The number of ether oxygens (including phenoxy) is 2. The van der Waals surface area contributed by atoms with Crippen LogP contribution in [0.5, 0.6) is 5.75 Å².